The molecular weight excluding hydrogens is 694 g/mol. The van der Waals surface area contributed by atoms with E-state index in [2.05, 4.69) is 194 Å². The maximum Gasteiger partial charge on any atom is 0.127 e. The molecule has 6 aromatic rings. The standard InChI is InChI=1S/C50H60O2P2/c1-31-17-15-19-39(45(31)53-51-43-29-33-21-23-37(47(3,4)5)25-35(33)27-41(43)49(9,10)11)40-20-16-18-32(2)46(40)54-52-44-30-34-22-24-38(48(6,7)8)26-36(34)28-42(44)50(12,13)14/h15-30,53-54H,1-14H3. The van der Waals surface area contributed by atoms with Crippen molar-refractivity contribution < 1.29 is 9.05 Å². The molecule has 2 nitrogen and oxygen atoms in total. The van der Waals surface area contributed by atoms with Gasteiger partial charge in [-0.1, -0.05) is 156 Å². The molecule has 0 aliphatic heterocycles. The fraction of sp³-hybridized carbons (Fsp3) is 0.360. The van der Waals surface area contributed by atoms with Crippen LogP contribution in [-0.4, -0.2) is 0 Å². The first-order valence-corrected chi connectivity index (χ1v) is 21.2. The summed E-state index contributed by atoms with van der Waals surface area (Å²) in [5.41, 5.74) is 10.1. The molecule has 2 unspecified atom stereocenters. The average Bonchev–Trinajstić information content (AvgIpc) is 3.07. The molecule has 6 rings (SSSR count). The molecule has 0 saturated carbocycles. The van der Waals surface area contributed by atoms with Gasteiger partial charge in [-0.25, -0.2) is 0 Å². The molecule has 2 atom stereocenters. The Morgan fingerprint density at radius 2 is 0.759 bits per heavy atom. The Morgan fingerprint density at radius 3 is 1.09 bits per heavy atom. The zero-order valence-corrected chi connectivity index (χ0v) is 37.1. The van der Waals surface area contributed by atoms with Gasteiger partial charge in [0, 0.05) is 21.7 Å². The zero-order chi connectivity index (χ0) is 39.4. The molecule has 4 heteroatoms. The number of fused-ring (bicyclic) bond motifs is 2. The third-order valence-electron chi connectivity index (χ3n) is 10.6. The van der Waals surface area contributed by atoms with Crippen LogP contribution in [0.25, 0.3) is 32.7 Å². The molecule has 0 bridgehead atoms. The molecule has 0 N–H and O–H groups in total. The first-order chi connectivity index (χ1) is 25.1. The Hall–Kier alpha value is -3.70. The van der Waals surface area contributed by atoms with Crippen molar-refractivity contribution in [1.82, 2.24) is 0 Å². The van der Waals surface area contributed by atoms with Crippen molar-refractivity contribution in [2.24, 2.45) is 0 Å². The van der Waals surface area contributed by atoms with Gasteiger partial charge in [-0.2, -0.15) is 0 Å². The second-order valence-electron chi connectivity index (χ2n) is 19.2. The lowest BCUT2D eigenvalue weighted by molar-refractivity contribution is 0.544. The first-order valence-electron chi connectivity index (χ1n) is 19.3. The van der Waals surface area contributed by atoms with Crippen molar-refractivity contribution in [2.45, 2.75) is 119 Å². The smallest absolute Gasteiger partial charge is 0.127 e. The summed E-state index contributed by atoms with van der Waals surface area (Å²) in [4.78, 5) is 0. The molecule has 0 amide bonds. The molecule has 0 aliphatic rings. The predicted octanol–water partition coefficient (Wildman–Crippen LogP) is 14.1. The van der Waals surface area contributed by atoms with Gasteiger partial charge in [0.25, 0.3) is 0 Å². The van der Waals surface area contributed by atoms with Crippen LogP contribution in [0.5, 0.6) is 11.5 Å². The van der Waals surface area contributed by atoms with Crippen LogP contribution in [-0.2, 0) is 21.7 Å². The quantitative estimate of drug-likeness (QED) is 0.151. The molecule has 0 aromatic heterocycles. The molecule has 0 spiro atoms. The largest absolute Gasteiger partial charge is 0.472 e. The van der Waals surface area contributed by atoms with Gasteiger partial charge in [-0.15, -0.1) is 0 Å². The maximum absolute atomic E-state index is 6.92. The molecule has 0 heterocycles. The van der Waals surface area contributed by atoms with Gasteiger partial charge in [0.05, 0.1) is 0 Å². The SMILES string of the molecule is Cc1cccc(-c2cccc(C)c2POc2cc3ccc(C(C)(C)C)cc3cc2C(C)(C)C)c1POc1cc2ccc(C(C)(C)C)cc2cc1C(C)(C)C. The van der Waals surface area contributed by atoms with Crippen molar-refractivity contribution in [1.29, 1.82) is 0 Å². The second-order valence-corrected chi connectivity index (χ2v) is 21.0. The fourth-order valence-corrected chi connectivity index (χ4v) is 9.00. The highest BCUT2D eigenvalue weighted by molar-refractivity contribution is 7.44. The summed E-state index contributed by atoms with van der Waals surface area (Å²) in [6.07, 6.45) is 0. The number of hydrogen-bond acceptors (Lipinski definition) is 2. The first kappa shape index (κ1) is 40.0. The number of benzene rings is 6. The van der Waals surface area contributed by atoms with Gasteiger partial charge in [-0.3, -0.25) is 0 Å². The van der Waals surface area contributed by atoms with Crippen LogP contribution in [0.4, 0.5) is 0 Å². The summed E-state index contributed by atoms with van der Waals surface area (Å²) >= 11 is 0. The van der Waals surface area contributed by atoms with Gasteiger partial charge < -0.3 is 9.05 Å². The molecule has 0 radical (unpaired) electrons. The number of aryl methyl sites for hydroxylation is 2. The lowest BCUT2D eigenvalue weighted by Crippen LogP contribution is -2.16. The Bertz CT molecular complexity index is 2170. The van der Waals surface area contributed by atoms with Crippen molar-refractivity contribution >= 4 is 49.8 Å². The third kappa shape index (κ3) is 8.57. The van der Waals surface area contributed by atoms with Crippen molar-refractivity contribution in [2.75, 3.05) is 0 Å². The monoisotopic (exact) mass is 754 g/mol. The summed E-state index contributed by atoms with van der Waals surface area (Å²) in [6.45, 7) is 31.7. The summed E-state index contributed by atoms with van der Waals surface area (Å²) in [6, 6.07) is 36.2. The summed E-state index contributed by atoms with van der Waals surface area (Å²) in [5.74, 6) is 1.92. The molecule has 54 heavy (non-hydrogen) atoms. The molecular formula is C50H60O2P2. The van der Waals surface area contributed by atoms with E-state index in [1.165, 1.54) is 76.7 Å². The minimum atomic E-state index is -0.0774. The van der Waals surface area contributed by atoms with Crippen LogP contribution in [0.15, 0.2) is 97.1 Å². The molecule has 0 fully saturated rings. The van der Waals surface area contributed by atoms with E-state index in [1.54, 1.807) is 0 Å². The van der Waals surface area contributed by atoms with Crippen LogP contribution >= 0.6 is 17.6 Å². The summed E-state index contributed by atoms with van der Waals surface area (Å²) in [7, 11) is 0.289. The second kappa shape index (κ2) is 14.8. The van der Waals surface area contributed by atoms with Gasteiger partial charge >= 0.3 is 0 Å². The van der Waals surface area contributed by atoms with E-state index in [4.69, 9.17) is 9.05 Å². The van der Waals surface area contributed by atoms with Gasteiger partial charge in [0.2, 0.25) is 0 Å². The highest BCUT2D eigenvalue weighted by Crippen LogP contribution is 2.42. The van der Waals surface area contributed by atoms with Gasteiger partial charge in [-0.05, 0) is 115 Å². The van der Waals surface area contributed by atoms with Crippen LogP contribution in [0, 0.1) is 13.8 Å². The Kier molecular flexibility index (Phi) is 10.9. The maximum atomic E-state index is 6.92. The van der Waals surface area contributed by atoms with Crippen LogP contribution in [0.3, 0.4) is 0 Å². The Labute approximate surface area is 329 Å². The highest BCUT2D eigenvalue weighted by atomic mass is 31.1. The van der Waals surface area contributed by atoms with E-state index >= 15 is 0 Å². The van der Waals surface area contributed by atoms with Crippen molar-refractivity contribution in [3.63, 3.8) is 0 Å². The number of rotatable bonds is 7. The summed E-state index contributed by atoms with van der Waals surface area (Å²) in [5, 5.41) is 7.40. The molecule has 0 aliphatic carbocycles. The minimum absolute atomic E-state index is 0.0774. The molecule has 6 aromatic carbocycles. The average molecular weight is 755 g/mol. The van der Waals surface area contributed by atoms with Crippen LogP contribution in [0.2, 0.25) is 0 Å². The van der Waals surface area contributed by atoms with E-state index in [1.807, 2.05) is 0 Å². The van der Waals surface area contributed by atoms with E-state index < -0.39 is 0 Å². The van der Waals surface area contributed by atoms with Gasteiger partial charge in [0.1, 0.15) is 29.1 Å². The van der Waals surface area contributed by atoms with E-state index in [9.17, 15) is 0 Å². The van der Waals surface area contributed by atoms with Crippen LogP contribution in [0.1, 0.15) is 116 Å². The van der Waals surface area contributed by atoms with Crippen LogP contribution < -0.4 is 19.7 Å². The Balaban J connectivity index is 1.36. The van der Waals surface area contributed by atoms with Crippen molar-refractivity contribution in [3.05, 3.63) is 130 Å². The summed E-state index contributed by atoms with van der Waals surface area (Å²) < 4.78 is 13.8. The lowest BCUT2D eigenvalue weighted by Gasteiger charge is -2.26. The van der Waals surface area contributed by atoms with E-state index in [0.717, 1.165) is 11.5 Å². The normalized spacial score (nSPS) is 13.2. The molecule has 282 valence electrons. The zero-order valence-electron chi connectivity index (χ0n) is 35.1. The third-order valence-corrected chi connectivity index (χ3v) is 13.0. The topological polar surface area (TPSA) is 18.5 Å². The van der Waals surface area contributed by atoms with E-state index in [-0.39, 0.29) is 39.3 Å². The fourth-order valence-electron chi connectivity index (χ4n) is 7.10. The lowest BCUT2D eigenvalue weighted by atomic mass is 9.82. The number of hydrogen-bond donors (Lipinski definition) is 0. The highest BCUT2D eigenvalue weighted by Gasteiger charge is 2.25. The predicted molar refractivity (Wildman–Crippen MR) is 241 cm³/mol. The Morgan fingerprint density at radius 1 is 0.389 bits per heavy atom. The van der Waals surface area contributed by atoms with E-state index in [0.29, 0.717) is 0 Å². The van der Waals surface area contributed by atoms with Gasteiger partial charge in [0.15, 0.2) is 0 Å². The van der Waals surface area contributed by atoms with Crippen molar-refractivity contribution in [3.8, 4) is 22.6 Å². The minimum Gasteiger partial charge on any atom is -0.472 e. The molecule has 0 saturated heterocycles.